The van der Waals surface area contributed by atoms with E-state index in [4.69, 9.17) is 15.2 Å². The van der Waals surface area contributed by atoms with Crippen LogP contribution >= 0.6 is 0 Å². The number of ether oxygens (including phenoxy) is 2. The number of nitrogens with one attached hydrogen (secondary N) is 1. The summed E-state index contributed by atoms with van der Waals surface area (Å²) >= 11 is 0. The molecule has 3 N–H and O–H groups in total. The molecule has 0 fully saturated rings. The number of primary amides is 1. The summed E-state index contributed by atoms with van der Waals surface area (Å²) in [5.74, 6) is -1.42. The number of hydrogen-bond acceptors (Lipinski definition) is 5. The quantitative estimate of drug-likeness (QED) is 0.704. The van der Waals surface area contributed by atoms with Gasteiger partial charge in [-0.2, -0.15) is 0 Å². The number of benzene rings is 1. The van der Waals surface area contributed by atoms with E-state index in [1.807, 2.05) is 0 Å². The van der Waals surface area contributed by atoms with Crippen LogP contribution in [-0.4, -0.2) is 37.5 Å². The second kappa shape index (κ2) is 7.13. The molecule has 0 aliphatic heterocycles. The highest BCUT2D eigenvalue weighted by Gasteiger charge is 2.15. The van der Waals surface area contributed by atoms with Gasteiger partial charge < -0.3 is 20.5 Å². The van der Waals surface area contributed by atoms with Crippen molar-refractivity contribution in [3.05, 3.63) is 29.8 Å². The largest absolute Gasteiger partial charge is 0.497 e. The molecule has 0 radical (unpaired) electrons. The second-order valence-corrected chi connectivity index (χ2v) is 3.95. The highest BCUT2D eigenvalue weighted by atomic mass is 16.5. The number of hydrogen-bond donors (Lipinski definition) is 2. The van der Waals surface area contributed by atoms with E-state index in [0.29, 0.717) is 11.3 Å². The lowest BCUT2D eigenvalue weighted by Gasteiger charge is -2.10. The Hall–Kier alpha value is -2.57. The predicted octanol–water partition coefficient (Wildman–Crippen LogP) is -0.158. The molecule has 0 heterocycles. The molecule has 1 rings (SSSR count). The van der Waals surface area contributed by atoms with Crippen LogP contribution in [0.4, 0.5) is 0 Å². The monoisotopic (exact) mass is 280 g/mol. The van der Waals surface area contributed by atoms with E-state index in [1.165, 1.54) is 20.1 Å². The zero-order chi connectivity index (χ0) is 15.1. The fraction of sp³-hybridized carbons (Fsp3) is 0.308. The van der Waals surface area contributed by atoms with Gasteiger partial charge in [0.1, 0.15) is 12.3 Å². The minimum absolute atomic E-state index is 0.347. The van der Waals surface area contributed by atoms with E-state index >= 15 is 0 Å². The molecule has 0 aliphatic rings. The Morgan fingerprint density at radius 3 is 2.65 bits per heavy atom. The molecule has 1 atom stereocenters. The second-order valence-electron chi connectivity index (χ2n) is 3.95. The number of nitrogens with two attached hydrogens (primary N) is 1. The van der Waals surface area contributed by atoms with Crippen molar-refractivity contribution in [2.45, 2.75) is 13.0 Å². The molecule has 0 saturated heterocycles. The van der Waals surface area contributed by atoms with E-state index in [-0.39, 0.29) is 6.54 Å². The summed E-state index contributed by atoms with van der Waals surface area (Å²) in [5.41, 5.74) is 5.29. The van der Waals surface area contributed by atoms with Crippen LogP contribution in [0.3, 0.4) is 0 Å². The van der Waals surface area contributed by atoms with Crippen molar-refractivity contribution < 1.29 is 23.9 Å². The van der Waals surface area contributed by atoms with Crippen LogP contribution in [0, 0.1) is 0 Å². The minimum atomic E-state index is -1.03. The number of rotatable bonds is 6. The van der Waals surface area contributed by atoms with Gasteiger partial charge in [-0.3, -0.25) is 14.4 Å². The molecule has 1 aromatic rings. The van der Waals surface area contributed by atoms with Gasteiger partial charge in [0.15, 0.2) is 6.10 Å². The molecular formula is C13H16N2O5. The molecule has 20 heavy (non-hydrogen) atoms. The van der Waals surface area contributed by atoms with Crippen molar-refractivity contribution in [2.75, 3.05) is 13.7 Å². The molecule has 0 unspecified atom stereocenters. The molecule has 0 saturated carbocycles. The van der Waals surface area contributed by atoms with Gasteiger partial charge in [-0.1, -0.05) is 6.07 Å². The smallest absolute Gasteiger partial charge is 0.326 e. The molecule has 0 spiro atoms. The van der Waals surface area contributed by atoms with Gasteiger partial charge in [-0.25, -0.2) is 0 Å². The zero-order valence-corrected chi connectivity index (χ0v) is 11.2. The van der Waals surface area contributed by atoms with Crippen LogP contribution in [0.5, 0.6) is 5.75 Å². The van der Waals surface area contributed by atoms with Crippen LogP contribution in [0.2, 0.25) is 0 Å². The van der Waals surface area contributed by atoms with E-state index < -0.39 is 23.9 Å². The highest BCUT2D eigenvalue weighted by molar-refractivity contribution is 5.96. The first-order valence-electron chi connectivity index (χ1n) is 5.85. The molecule has 1 aromatic carbocycles. The first-order chi connectivity index (χ1) is 9.43. The molecule has 2 amide bonds. The Bertz CT molecular complexity index is 515. The number of carbonyl (C=O) groups is 3. The van der Waals surface area contributed by atoms with Gasteiger partial charge in [0, 0.05) is 5.56 Å². The summed E-state index contributed by atoms with van der Waals surface area (Å²) in [7, 11) is 1.49. The Labute approximate surface area is 116 Å². The molecule has 108 valence electrons. The van der Waals surface area contributed by atoms with E-state index in [1.54, 1.807) is 18.2 Å². The average Bonchev–Trinajstić information content (AvgIpc) is 2.44. The maximum Gasteiger partial charge on any atom is 0.326 e. The lowest BCUT2D eigenvalue weighted by Crippen LogP contribution is -2.36. The van der Waals surface area contributed by atoms with Crippen molar-refractivity contribution in [1.82, 2.24) is 5.32 Å². The average molecular weight is 280 g/mol. The van der Waals surface area contributed by atoms with Gasteiger partial charge in [0.05, 0.1) is 7.11 Å². The van der Waals surface area contributed by atoms with E-state index in [9.17, 15) is 14.4 Å². The SMILES string of the molecule is COc1cccc(C(=O)NCC(=O)O[C@@H](C)C(N)=O)c1. The third kappa shape index (κ3) is 4.60. The fourth-order valence-electron chi connectivity index (χ4n) is 1.32. The van der Waals surface area contributed by atoms with Crippen LogP contribution < -0.4 is 15.8 Å². The molecule has 0 aromatic heterocycles. The molecule has 7 heteroatoms. The molecule has 0 aliphatic carbocycles. The van der Waals surface area contributed by atoms with Crippen LogP contribution in [0.15, 0.2) is 24.3 Å². The van der Waals surface area contributed by atoms with Crippen molar-refractivity contribution >= 4 is 17.8 Å². The van der Waals surface area contributed by atoms with Crippen LogP contribution in [0.25, 0.3) is 0 Å². The summed E-state index contributed by atoms with van der Waals surface area (Å²) in [4.78, 5) is 33.8. The standard InChI is InChI=1S/C13H16N2O5/c1-8(12(14)17)20-11(16)7-15-13(18)9-4-3-5-10(6-9)19-2/h3-6,8H,7H2,1-2H3,(H2,14,17)(H,15,18)/t8-/m0/s1. The number of carbonyl (C=O) groups excluding carboxylic acids is 3. The Morgan fingerprint density at radius 2 is 2.05 bits per heavy atom. The third-order valence-corrected chi connectivity index (χ3v) is 2.43. The summed E-state index contributed by atoms with van der Waals surface area (Å²) in [5, 5.41) is 2.37. The van der Waals surface area contributed by atoms with Crippen molar-refractivity contribution in [3.63, 3.8) is 0 Å². The maximum atomic E-state index is 11.8. The number of amides is 2. The number of esters is 1. The van der Waals surface area contributed by atoms with E-state index in [2.05, 4.69) is 5.32 Å². The lowest BCUT2D eigenvalue weighted by atomic mass is 10.2. The predicted molar refractivity (Wildman–Crippen MR) is 70.1 cm³/mol. The third-order valence-electron chi connectivity index (χ3n) is 2.43. The normalized spacial score (nSPS) is 11.3. The summed E-state index contributed by atoms with van der Waals surface area (Å²) in [6.07, 6.45) is -1.03. The molecular weight excluding hydrogens is 264 g/mol. The summed E-state index contributed by atoms with van der Waals surface area (Å²) in [6, 6.07) is 6.46. The topological polar surface area (TPSA) is 108 Å². The first kappa shape index (κ1) is 15.5. The Balaban J connectivity index is 2.50. The Kier molecular flexibility index (Phi) is 5.52. The number of methoxy groups -OCH3 is 1. The van der Waals surface area contributed by atoms with Crippen molar-refractivity contribution in [1.29, 1.82) is 0 Å². The van der Waals surface area contributed by atoms with Gasteiger partial charge in [0.25, 0.3) is 11.8 Å². The van der Waals surface area contributed by atoms with Crippen LogP contribution in [-0.2, 0) is 14.3 Å². The molecule has 7 nitrogen and oxygen atoms in total. The lowest BCUT2D eigenvalue weighted by molar-refractivity contribution is -0.152. The first-order valence-corrected chi connectivity index (χ1v) is 5.85. The van der Waals surface area contributed by atoms with E-state index in [0.717, 1.165) is 0 Å². The van der Waals surface area contributed by atoms with Gasteiger partial charge in [-0.15, -0.1) is 0 Å². The van der Waals surface area contributed by atoms with Gasteiger partial charge in [0.2, 0.25) is 0 Å². The summed E-state index contributed by atoms with van der Waals surface area (Å²) in [6.45, 7) is 0.998. The highest BCUT2D eigenvalue weighted by Crippen LogP contribution is 2.12. The van der Waals surface area contributed by atoms with Crippen LogP contribution in [0.1, 0.15) is 17.3 Å². The Morgan fingerprint density at radius 1 is 1.35 bits per heavy atom. The van der Waals surface area contributed by atoms with Crippen molar-refractivity contribution in [3.8, 4) is 5.75 Å². The molecule has 0 bridgehead atoms. The maximum absolute atomic E-state index is 11.8. The van der Waals surface area contributed by atoms with Gasteiger partial charge in [-0.05, 0) is 25.1 Å². The van der Waals surface area contributed by atoms with Crippen molar-refractivity contribution in [2.24, 2.45) is 5.73 Å². The van der Waals surface area contributed by atoms with Gasteiger partial charge >= 0.3 is 5.97 Å². The summed E-state index contributed by atoms with van der Waals surface area (Å²) < 4.78 is 9.68. The fourth-order valence-corrected chi connectivity index (χ4v) is 1.32. The minimum Gasteiger partial charge on any atom is -0.497 e. The zero-order valence-electron chi connectivity index (χ0n) is 11.2.